The molecule has 86 valence electrons. The smallest absolute Gasteiger partial charge is 0.203 e. The molecule has 17 heavy (non-hydrogen) atoms. The van der Waals surface area contributed by atoms with E-state index in [1.165, 1.54) is 4.40 Å². The van der Waals surface area contributed by atoms with Gasteiger partial charge in [-0.05, 0) is 25.5 Å². The van der Waals surface area contributed by atoms with Crippen LogP contribution in [0.2, 0.25) is 0 Å². The number of rotatable bonds is 1. The van der Waals surface area contributed by atoms with Crippen molar-refractivity contribution in [2.45, 2.75) is 13.8 Å². The van der Waals surface area contributed by atoms with Crippen LogP contribution in [-0.2, 0) is 0 Å². The topological polar surface area (TPSA) is 46.0 Å². The molecule has 0 atom stereocenters. The second-order valence-electron chi connectivity index (χ2n) is 4.06. The van der Waals surface area contributed by atoms with Crippen molar-refractivity contribution in [2.75, 3.05) is 0 Å². The van der Waals surface area contributed by atoms with E-state index in [0.717, 1.165) is 16.8 Å². The van der Waals surface area contributed by atoms with Gasteiger partial charge in [-0.3, -0.25) is 9.50 Å². The number of nitrogens with one attached hydrogen (secondary N) is 1. The molecule has 0 unspecified atom stereocenters. The summed E-state index contributed by atoms with van der Waals surface area (Å²) in [5.74, 6) is -0.288. The van der Waals surface area contributed by atoms with Gasteiger partial charge in [0.2, 0.25) is 5.95 Å². The molecule has 0 aliphatic heterocycles. The average molecular weight is 230 g/mol. The molecule has 3 aromatic rings. The predicted octanol–water partition coefficient (Wildman–Crippen LogP) is 2.48. The van der Waals surface area contributed by atoms with Crippen LogP contribution in [0.25, 0.3) is 16.9 Å². The minimum absolute atomic E-state index is 0.288. The van der Waals surface area contributed by atoms with Gasteiger partial charge in [0.25, 0.3) is 0 Å². The summed E-state index contributed by atoms with van der Waals surface area (Å²) in [5.41, 5.74) is 3.81. The van der Waals surface area contributed by atoms with E-state index >= 15 is 0 Å². The molecular weight excluding hydrogens is 219 g/mol. The SMILES string of the molecule is Cc1cn[nH]c1-c1cc2nccn2c(F)c1C. The molecule has 0 amide bonds. The summed E-state index contributed by atoms with van der Waals surface area (Å²) in [6, 6.07) is 1.86. The fourth-order valence-electron chi connectivity index (χ4n) is 2.00. The first-order chi connectivity index (χ1) is 8.18. The lowest BCUT2D eigenvalue weighted by molar-refractivity contribution is 0.559. The number of aromatic nitrogens is 4. The van der Waals surface area contributed by atoms with Crippen LogP contribution in [0.1, 0.15) is 11.1 Å². The molecule has 4 nitrogen and oxygen atoms in total. The number of aromatic amines is 1. The van der Waals surface area contributed by atoms with Crippen LogP contribution in [0.4, 0.5) is 4.39 Å². The molecule has 0 saturated carbocycles. The monoisotopic (exact) mass is 230 g/mol. The van der Waals surface area contributed by atoms with E-state index < -0.39 is 0 Å². The van der Waals surface area contributed by atoms with Crippen LogP contribution >= 0.6 is 0 Å². The Kier molecular flexibility index (Phi) is 2.01. The molecule has 0 spiro atoms. The highest BCUT2D eigenvalue weighted by Crippen LogP contribution is 2.27. The van der Waals surface area contributed by atoms with Crippen molar-refractivity contribution >= 4 is 5.65 Å². The zero-order chi connectivity index (χ0) is 12.0. The molecule has 0 fully saturated rings. The second kappa shape index (κ2) is 3.41. The van der Waals surface area contributed by atoms with E-state index in [9.17, 15) is 4.39 Å². The third-order valence-corrected chi connectivity index (χ3v) is 2.97. The van der Waals surface area contributed by atoms with Gasteiger partial charge in [0.05, 0.1) is 11.9 Å². The molecule has 0 bridgehead atoms. The Morgan fingerprint density at radius 1 is 1.35 bits per heavy atom. The van der Waals surface area contributed by atoms with Crippen molar-refractivity contribution in [3.05, 3.63) is 41.7 Å². The molecule has 0 saturated heterocycles. The third-order valence-electron chi connectivity index (χ3n) is 2.97. The molecule has 3 heterocycles. The van der Waals surface area contributed by atoms with Crippen molar-refractivity contribution in [3.8, 4) is 11.3 Å². The maximum absolute atomic E-state index is 14.1. The second-order valence-corrected chi connectivity index (χ2v) is 4.06. The zero-order valence-corrected chi connectivity index (χ0v) is 9.53. The lowest BCUT2D eigenvalue weighted by Crippen LogP contribution is -1.98. The Morgan fingerprint density at radius 2 is 2.18 bits per heavy atom. The van der Waals surface area contributed by atoms with Crippen molar-refractivity contribution < 1.29 is 4.39 Å². The quantitative estimate of drug-likeness (QED) is 0.653. The van der Waals surface area contributed by atoms with E-state index in [2.05, 4.69) is 15.2 Å². The highest BCUT2D eigenvalue weighted by molar-refractivity contribution is 5.70. The van der Waals surface area contributed by atoms with Gasteiger partial charge >= 0.3 is 0 Å². The number of halogens is 1. The van der Waals surface area contributed by atoms with Gasteiger partial charge in [0.15, 0.2) is 0 Å². The standard InChI is InChI=1S/C12H11FN4/c1-7-6-15-16-11(7)9-5-10-14-3-4-17(10)12(13)8(9)2/h3-6H,1-2H3,(H,15,16). The molecule has 3 aromatic heterocycles. The van der Waals surface area contributed by atoms with E-state index in [1.54, 1.807) is 25.5 Å². The number of pyridine rings is 1. The highest BCUT2D eigenvalue weighted by Gasteiger charge is 2.14. The summed E-state index contributed by atoms with van der Waals surface area (Å²) in [6.45, 7) is 3.69. The maximum Gasteiger partial charge on any atom is 0.203 e. The lowest BCUT2D eigenvalue weighted by atomic mass is 10.1. The Balaban J connectivity index is 2.37. The normalized spacial score (nSPS) is 11.2. The highest BCUT2D eigenvalue weighted by atomic mass is 19.1. The van der Waals surface area contributed by atoms with E-state index in [1.807, 2.05) is 13.0 Å². The fourth-order valence-corrected chi connectivity index (χ4v) is 2.00. The summed E-state index contributed by atoms with van der Waals surface area (Å²) < 4.78 is 15.5. The lowest BCUT2D eigenvalue weighted by Gasteiger charge is -2.08. The van der Waals surface area contributed by atoms with Crippen LogP contribution in [0.5, 0.6) is 0 Å². The van der Waals surface area contributed by atoms with Crippen molar-refractivity contribution in [2.24, 2.45) is 0 Å². The molecule has 0 aliphatic rings. The minimum Gasteiger partial charge on any atom is -0.278 e. The van der Waals surface area contributed by atoms with E-state index in [-0.39, 0.29) is 5.95 Å². The summed E-state index contributed by atoms with van der Waals surface area (Å²) >= 11 is 0. The summed E-state index contributed by atoms with van der Waals surface area (Å²) in [5, 5.41) is 6.85. The molecule has 0 aromatic carbocycles. The van der Waals surface area contributed by atoms with Crippen molar-refractivity contribution in [1.82, 2.24) is 19.6 Å². The first-order valence-corrected chi connectivity index (χ1v) is 5.31. The van der Waals surface area contributed by atoms with E-state index in [0.29, 0.717) is 11.2 Å². The van der Waals surface area contributed by atoms with Crippen LogP contribution in [0, 0.1) is 19.8 Å². The van der Waals surface area contributed by atoms with Gasteiger partial charge in [-0.1, -0.05) is 0 Å². The molecular formula is C12H11FN4. The van der Waals surface area contributed by atoms with E-state index in [4.69, 9.17) is 0 Å². The molecule has 0 radical (unpaired) electrons. The third kappa shape index (κ3) is 1.35. The zero-order valence-electron chi connectivity index (χ0n) is 9.53. The Morgan fingerprint density at radius 3 is 2.88 bits per heavy atom. The fraction of sp³-hybridized carbons (Fsp3) is 0.167. The summed E-state index contributed by atoms with van der Waals surface area (Å²) in [4.78, 5) is 4.11. The van der Waals surface area contributed by atoms with Gasteiger partial charge < -0.3 is 0 Å². The number of H-pyrrole nitrogens is 1. The minimum atomic E-state index is -0.288. The van der Waals surface area contributed by atoms with Crippen LogP contribution in [0.3, 0.4) is 0 Å². The molecule has 3 rings (SSSR count). The summed E-state index contributed by atoms with van der Waals surface area (Å²) in [7, 11) is 0. The number of nitrogens with zero attached hydrogens (tertiary/aromatic N) is 3. The predicted molar refractivity (Wildman–Crippen MR) is 62.2 cm³/mol. The molecule has 5 heteroatoms. The molecule has 0 aliphatic carbocycles. The average Bonchev–Trinajstić information content (AvgIpc) is 2.92. The van der Waals surface area contributed by atoms with Crippen LogP contribution in [-0.4, -0.2) is 19.6 Å². The Bertz CT molecular complexity index is 696. The van der Waals surface area contributed by atoms with Gasteiger partial charge in [0.1, 0.15) is 5.65 Å². The number of hydrogen-bond acceptors (Lipinski definition) is 2. The number of aryl methyl sites for hydroxylation is 1. The Hall–Kier alpha value is -2.17. The maximum atomic E-state index is 14.1. The molecule has 1 N–H and O–H groups in total. The van der Waals surface area contributed by atoms with Crippen LogP contribution in [0.15, 0.2) is 24.7 Å². The number of fused-ring (bicyclic) bond motifs is 1. The number of imidazole rings is 1. The summed E-state index contributed by atoms with van der Waals surface area (Å²) in [6.07, 6.45) is 4.92. The number of hydrogen-bond donors (Lipinski definition) is 1. The largest absolute Gasteiger partial charge is 0.278 e. The van der Waals surface area contributed by atoms with Gasteiger partial charge in [-0.25, -0.2) is 4.98 Å². The first kappa shape index (κ1) is 10.0. The van der Waals surface area contributed by atoms with Gasteiger partial charge in [0, 0.05) is 23.5 Å². The van der Waals surface area contributed by atoms with Crippen molar-refractivity contribution in [3.63, 3.8) is 0 Å². The Labute approximate surface area is 97.1 Å². The van der Waals surface area contributed by atoms with Gasteiger partial charge in [-0.2, -0.15) is 9.49 Å². The van der Waals surface area contributed by atoms with Gasteiger partial charge in [-0.15, -0.1) is 0 Å². The van der Waals surface area contributed by atoms with Crippen LogP contribution < -0.4 is 0 Å². The first-order valence-electron chi connectivity index (χ1n) is 5.31. The van der Waals surface area contributed by atoms with Crippen molar-refractivity contribution in [1.29, 1.82) is 0 Å².